The van der Waals surface area contributed by atoms with Crippen LogP contribution in [0.2, 0.25) is 0 Å². The number of nitriles is 1. The van der Waals surface area contributed by atoms with Crippen LogP contribution in [0, 0.1) is 17.9 Å². The number of para-hydroxylation sites is 1. The van der Waals surface area contributed by atoms with Crippen LogP contribution in [0.25, 0.3) is 88.8 Å². The van der Waals surface area contributed by atoms with E-state index in [0.717, 1.165) is 66.4 Å². The number of hydrogen-bond acceptors (Lipinski definition) is 4. The lowest BCUT2D eigenvalue weighted by Gasteiger charge is -2.22. The standard InChI is InChI=1S/C51H36N6/c1-51(2,3)39-25-26-46-44(31-39)41-23-11-12-24-45(41)57(46)47-42(36-20-13-15-33(27-36)32-52)29-38(30-43(47)37-21-14-22-40(28-37)53-4)50-55-48(34-16-7-5-8-17-34)54-49(56-50)35-18-9-6-10-19-35/h5-31H,1-3H3. The van der Waals surface area contributed by atoms with E-state index in [4.69, 9.17) is 21.5 Å². The first kappa shape index (κ1) is 35.1. The van der Waals surface area contributed by atoms with Crippen molar-refractivity contribution in [3.63, 3.8) is 0 Å². The summed E-state index contributed by atoms with van der Waals surface area (Å²) in [7, 11) is 0. The highest BCUT2D eigenvalue weighted by molar-refractivity contribution is 6.11. The average Bonchev–Trinajstić information content (AvgIpc) is 3.59. The van der Waals surface area contributed by atoms with Gasteiger partial charge in [0.25, 0.3) is 0 Å². The van der Waals surface area contributed by atoms with Gasteiger partial charge in [-0.15, -0.1) is 0 Å². The smallest absolute Gasteiger partial charge is 0.187 e. The highest BCUT2D eigenvalue weighted by Crippen LogP contribution is 2.45. The molecule has 0 aliphatic heterocycles. The average molecular weight is 733 g/mol. The van der Waals surface area contributed by atoms with E-state index in [2.05, 4.69) is 96.9 Å². The Balaban J connectivity index is 1.43. The van der Waals surface area contributed by atoms with Gasteiger partial charge in [0.1, 0.15) is 0 Å². The highest BCUT2D eigenvalue weighted by Gasteiger charge is 2.24. The molecule has 7 aromatic carbocycles. The van der Waals surface area contributed by atoms with Gasteiger partial charge in [-0.3, -0.25) is 0 Å². The molecule has 6 heteroatoms. The Morgan fingerprint density at radius 1 is 0.526 bits per heavy atom. The Kier molecular flexibility index (Phi) is 8.73. The molecule has 6 nitrogen and oxygen atoms in total. The van der Waals surface area contributed by atoms with E-state index < -0.39 is 0 Å². The topological polar surface area (TPSA) is 71.8 Å². The van der Waals surface area contributed by atoms with E-state index in [-0.39, 0.29) is 5.41 Å². The largest absolute Gasteiger partial charge is 0.308 e. The Morgan fingerprint density at radius 2 is 1.07 bits per heavy atom. The van der Waals surface area contributed by atoms with Gasteiger partial charge in [-0.25, -0.2) is 19.8 Å². The molecule has 0 amide bonds. The second kappa shape index (κ2) is 14.2. The summed E-state index contributed by atoms with van der Waals surface area (Å²) in [6, 6.07) is 57.3. The lowest BCUT2D eigenvalue weighted by atomic mass is 9.86. The van der Waals surface area contributed by atoms with E-state index in [1.807, 2.05) is 103 Å². The van der Waals surface area contributed by atoms with Crippen LogP contribution in [-0.2, 0) is 5.41 Å². The molecule has 2 heterocycles. The number of aromatic nitrogens is 4. The van der Waals surface area contributed by atoms with Gasteiger partial charge in [-0.05, 0) is 70.6 Å². The number of hydrogen-bond donors (Lipinski definition) is 0. The van der Waals surface area contributed by atoms with E-state index >= 15 is 0 Å². The van der Waals surface area contributed by atoms with Gasteiger partial charge in [0.15, 0.2) is 23.2 Å². The summed E-state index contributed by atoms with van der Waals surface area (Å²) in [6.07, 6.45) is 0. The number of benzene rings is 7. The van der Waals surface area contributed by atoms with Crippen LogP contribution in [0.1, 0.15) is 31.9 Å². The summed E-state index contributed by atoms with van der Waals surface area (Å²) in [5, 5.41) is 12.4. The highest BCUT2D eigenvalue weighted by atomic mass is 15.0. The van der Waals surface area contributed by atoms with Crippen molar-refractivity contribution < 1.29 is 0 Å². The van der Waals surface area contributed by atoms with Gasteiger partial charge in [-0.1, -0.05) is 136 Å². The minimum absolute atomic E-state index is 0.0466. The monoisotopic (exact) mass is 732 g/mol. The third-order valence-electron chi connectivity index (χ3n) is 10.4. The first-order valence-electron chi connectivity index (χ1n) is 18.9. The van der Waals surface area contributed by atoms with Crippen molar-refractivity contribution in [3.8, 4) is 68.2 Å². The van der Waals surface area contributed by atoms with Gasteiger partial charge in [-0.2, -0.15) is 5.26 Å². The minimum Gasteiger partial charge on any atom is -0.308 e. The molecule has 0 atom stereocenters. The number of nitrogens with zero attached hydrogens (tertiary/aromatic N) is 6. The van der Waals surface area contributed by atoms with Crippen molar-refractivity contribution in [1.82, 2.24) is 19.5 Å². The molecule has 0 spiro atoms. The summed E-state index contributed by atoms with van der Waals surface area (Å²) in [6.45, 7) is 14.7. The molecule has 9 aromatic rings. The SMILES string of the molecule is [C-]#[N+]c1cccc(-c2cc(-c3nc(-c4ccccc4)nc(-c4ccccc4)n3)cc(-c3cccc(C#N)c3)c2-n2c3ccccc3c3cc(C(C)(C)C)ccc32)c1. The fraction of sp³-hybridized carbons (Fsp3) is 0.0784. The lowest BCUT2D eigenvalue weighted by Crippen LogP contribution is -2.10. The maximum Gasteiger partial charge on any atom is 0.187 e. The number of rotatable bonds is 6. The van der Waals surface area contributed by atoms with Gasteiger partial charge < -0.3 is 4.57 Å². The molecule has 0 fully saturated rings. The Bertz CT molecular complexity index is 2930. The molecule has 0 radical (unpaired) electrons. The zero-order valence-corrected chi connectivity index (χ0v) is 31.8. The van der Waals surface area contributed by atoms with E-state index in [1.165, 1.54) is 5.56 Å². The molecule has 2 aromatic heterocycles. The van der Waals surface area contributed by atoms with E-state index in [0.29, 0.717) is 28.7 Å². The van der Waals surface area contributed by atoms with Crippen LogP contribution in [-0.4, -0.2) is 19.5 Å². The maximum atomic E-state index is 10.1. The van der Waals surface area contributed by atoms with Crippen LogP contribution in [0.15, 0.2) is 164 Å². The lowest BCUT2D eigenvalue weighted by molar-refractivity contribution is 0.591. The van der Waals surface area contributed by atoms with Crippen LogP contribution in [0.3, 0.4) is 0 Å². The molecule has 0 saturated heterocycles. The predicted molar refractivity (Wildman–Crippen MR) is 231 cm³/mol. The van der Waals surface area contributed by atoms with Crippen molar-refractivity contribution in [2.45, 2.75) is 26.2 Å². The van der Waals surface area contributed by atoms with Crippen molar-refractivity contribution in [2.75, 3.05) is 0 Å². The second-order valence-corrected chi connectivity index (χ2v) is 15.1. The molecule has 9 rings (SSSR count). The Labute approximate surface area is 331 Å². The van der Waals surface area contributed by atoms with Crippen molar-refractivity contribution in [1.29, 1.82) is 5.26 Å². The van der Waals surface area contributed by atoms with Crippen LogP contribution in [0.4, 0.5) is 5.69 Å². The molecule has 0 saturated carbocycles. The Morgan fingerprint density at radius 3 is 1.68 bits per heavy atom. The second-order valence-electron chi connectivity index (χ2n) is 15.1. The molecule has 0 N–H and O–H groups in total. The summed E-state index contributed by atoms with van der Waals surface area (Å²) in [4.78, 5) is 19.1. The summed E-state index contributed by atoms with van der Waals surface area (Å²) >= 11 is 0. The zero-order valence-electron chi connectivity index (χ0n) is 31.8. The first-order chi connectivity index (χ1) is 27.8. The zero-order chi connectivity index (χ0) is 39.1. The maximum absolute atomic E-state index is 10.1. The summed E-state index contributed by atoms with van der Waals surface area (Å²) in [5.74, 6) is 1.63. The molecule has 0 unspecified atom stereocenters. The van der Waals surface area contributed by atoms with Crippen LogP contribution < -0.4 is 0 Å². The van der Waals surface area contributed by atoms with Crippen molar-refractivity contribution in [2.24, 2.45) is 0 Å². The van der Waals surface area contributed by atoms with Gasteiger partial charge in [0.05, 0.1) is 34.9 Å². The summed E-state index contributed by atoms with van der Waals surface area (Å²) < 4.78 is 2.34. The van der Waals surface area contributed by atoms with Crippen molar-refractivity contribution in [3.05, 3.63) is 186 Å². The molecule has 0 bridgehead atoms. The van der Waals surface area contributed by atoms with Gasteiger partial charge in [0.2, 0.25) is 0 Å². The fourth-order valence-corrected chi connectivity index (χ4v) is 7.56. The first-order valence-corrected chi connectivity index (χ1v) is 18.9. The molecule has 57 heavy (non-hydrogen) atoms. The van der Waals surface area contributed by atoms with E-state index in [9.17, 15) is 5.26 Å². The van der Waals surface area contributed by atoms with Crippen LogP contribution >= 0.6 is 0 Å². The quantitative estimate of drug-likeness (QED) is 0.160. The van der Waals surface area contributed by atoms with Crippen LogP contribution in [0.5, 0.6) is 0 Å². The van der Waals surface area contributed by atoms with Crippen molar-refractivity contribution >= 4 is 27.5 Å². The Hall–Kier alpha value is -7.67. The fourth-order valence-electron chi connectivity index (χ4n) is 7.56. The molecule has 0 aliphatic rings. The summed E-state index contributed by atoms with van der Waals surface area (Å²) in [5.41, 5.74) is 11.3. The molecule has 0 aliphatic carbocycles. The normalized spacial score (nSPS) is 11.4. The number of fused-ring (bicyclic) bond motifs is 3. The molecule has 270 valence electrons. The van der Waals surface area contributed by atoms with E-state index in [1.54, 1.807) is 0 Å². The third-order valence-corrected chi connectivity index (χ3v) is 10.4. The van der Waals surface area contributed by atoms with Gasteiger partial charge >= 0.3 is 0 Å². The predicted octanol–water partition coefficient (Wildman–Crippen LogP) is 13.0. The minimum atomic E-state index is -0.0466. The third kappa shape index (κ3) is 6.50. The van der Waals surface area contributed by atoms with Gasteiger partial charge in [0, 0.05) is 38.6 Å². The molecular weight excluding hydrogens is 697 g/mol. The molecular formula is C51H36N6.